The Morgan fingerprint density at radius 2 is 1.73 bits per heavy atom. The van der Waals surface area contributed by atoms with Crippen LogP contribution < -0.4 is 5.32 Å². The van der Waals surface area contributed by atoms with E-state index in [9.17, 15) is 14.9 Å². The fourth-order valence-corrected chi connectivity index (χ4v) is 3.77. The third-order valence-electron chi connectivity index (χ3n) is 5.47. The van der Waals surface area contributed by atoms with E-state index in [1.165, 1.54) is 0 Å². The number of rotatable bonds is 7. The molecule has 8 nitrogen and oxygen atoms in total. The first-order valence-corrected chi connectivity index (χ1v) is 10.5. The molecule has 1 N–H and O–H groups in total. The van der Waals surface area contributed by atoms with E-state index in [1.807, 2.05) is 60.7 Å². The van der Waals surface area contributed by atoms with E-state index >= 15 is 0 Å². The number of aromatic nitrogens is 3. The molecule has 0 bridgehead atoms. The molecule has 4 rings (SSSR count). The molecule has 0 fully saturated rings. The van der Waals surface area contributed by atoms with E-state index in [2.05, 4.69) is 15.4 Å². The summed E-state index contributed by atoms with van der Waals surface area (Å²) in [5.41, 5.74) is 4.00. The second kappa shape index (κ2) is 9.44. The molecule has 0 saturated carbocycles. The number of hydrogen-bond acceptors (Lipinski definition) is 5. The van der Waals surface area contributed by atoms with Crippen molar-refractivity contribution in [3.05, 3.63) is 123 Å². The van der Waals surface area contributed by atoms with Gasteiger partial charge >= 0.3 is 5.69 Å². The maximum Gasteiger partial charge on any atom is 0.312 e. The molecule has 0 aliphatic carbocycles. The zero-order valence-corrected chi connectivity index (χ0v) is 18.3. The summed E-state index contributed by atoms with van der Waals surface area (Å²) < 4.78 is 1.61. The molecule has 33 heavy (non-hydrogen) atoms. The van der Waals surface area contributed by atoms with Gasteiger partial charge in [0.2, 0.25) is 0 Å². The summed E-state index contributed by atoms with van der Waals surface area (Å²) >= 11 is 0. The Hall–Kier alpha value is -4.33. The van der Waals surface area contributed by atoms with Crippen LogP contribution in [0, 0.1) is 24.0 Å². The highest BCUT2D eigenvalue weighted by Crippen LogP contribution is 2.23. The number of nitrogens with zero attached hydrogens (tertiary/aromatic N) is 4. The van der Waals surface area contributed by atoms with Gasteiger partial charge in [0.1, 0.15) is 11.4 Å². The average molecular weight is 441 g/mol. The van der Waals surface area contributed by atoms with Crippen molar-refractivity contribution in [2.45, 2.75) is 26.4 Å². The molecule has 2 aromatic carbocycles. The second-order valence-corrected chi connectivity index (χ2v) is 7.70. The monoisotopic (exact) mass is 441 g/mol. The Bertz CT molecular complexity index is 1230. The number of aryl methyl sites for hydroxylation is 1. The Kier molecular flexibility index (Phi) is 6.26. The van der Waals surface area contributed by atoms with Crippen molar-refractivity contribution in [3.8, 4) is 0 Å². The SMILES string of the molecule is Cc1nn(Cc2ccc(C(=O)NC(c3ccccc3)c3ccccn3)cc2)c(C)c1[N+](=O)[O-]. The topological polar surface area (TPSA) is 103 Å². The summed E-state index contributed by atoms with van der Waals surface area (Å²) in [6, 6.07) is 22.1. The van der Waals surface area contributed by atoms with Crippen LogP contribution in [-0.4, -0.2) is 25.6 Å². The lowest BCUT2D eigenvalue weighted by Gasteiger charge is -2.19. The maximum absolute atomic E-state index is 13.0. The standard InChI is InChI=1S/C25H23N5O3/c1-17-24(30(32)33)18(2)29(28-17)16-19-11-13-21(14-12-19)25(31)27-23(20-8-4-3-5-9-20)22-10-6-7-15-26-22/h3-15,23H,16H2,1-2H3,(H,27,31). The van der Waals surface area contributed by atoms with Gasteiger partial charge in [0.05, 0.1) is 23.2 Å². The minimum atomic E-state index is -0.410. The summed E-state index contributed by atoms with van der Waals surface area (Å²) in [5.74, 6) is -0.220. The molecule has 1 amide bonds. The Balaban J connectivity index is 1.52. The number of benzene rings is 2. The molecule has 0 aliphatic rings. The van der Waals surface area contributed by atoms with Crippen molar-refractivity contribution in [2.24, 2.45) is 0 Å². The number of nitro groups is 1. The highest BCUT2D eigenvalue weighted by molar-refractivity contribution is 5.94. The van der Waals surface area contributed by atoms with Crippen molar-refractivity contribution in [2.75, 3.05) is 0 Å². The van der Waals surface area contributed by atoms with Crippen molar-refractivity contribution >= 4 is 11.6 Å². The second-order valence-electron chi connectivity index (χ2n) is 7.70. The van der Waals surface area contributed by atoms with Crippen LogP contribution in [-0.2, 0) is 6.54 Å². The average Bonchev–Trinajstić information content (AvgIpc) is 3.11. The molecule has 1 unspecified atom stereocenters. The van der Waals surface area contributed by atoms with Crippen molar-refractivity contribution in [3.63, 3.8) is 0 Å². The molecule has 4 aromatic rings. The molecule has 0 radical (unpaired) electrons. The van der Waals surface area contributed by atoms with Crippen LogP contribution in [0.1, 0.15) is 44.6 Å². The van der Waals surface area contributed by atoms with Gasteiger partial charge < -0.3 is 5.32 Å². The van der Waals surface area contributed by atoms with Gasteiger partial charge in [0.15, 0.2) is 0 Å². The van der Waals surface area contributed by atoms with E-state index in [4.69, 9.17) is 0 Å². The molecule has 2 aromatic heterocycles. The predicted molar refractivity (Wildman–Crippen MR) is 124 cm³/mol. The fraction of sp³-hybridized carbons (Fsp3) is 0.160. The van der Waals surface area contributed by atoms with Gasteiger partial charge in [-0.25, -0.2) is 0 Å². The summed E-state index contributed by atoms with van der Waals surface area (Å²) in [4.78, 5) is 28.3. The van der Waals surface area contributed by atoms with Crippen LogP contribution >= 0.6 is 0 Å². The van der Waals surface area contributed by atoms with Gasteiger partial charge in [0.25, 0.3) is 5.91 Å². The maximum atomic E-state index is 13.0. The lowest BCUT2D eigenvalue weighted by atomic mass is 10.0. The molecule has 8 heteroatoms. The third kappa shape index (κ3) is 4.79. The Morgan fingerprint density at radius 1 is 1.03 bits per heavy atom. The van der Waals surface area contributed by atoms with Crippen LogP contribution in [0.5, 0.6) is 0 Å². The fourth-order valence-electron chi connectivity index (χ4n) is 3.77. The lowest BCUT2D eigenvalue weighted by Crippen LogP contribution is -2.29. The zero-order chi connectivity index (χ0) is 23.4. The van der Waals surface area contributed by atoms with Crippen LogP contribution in [0.3, 0.4) is 0 Å². The van der Waals surface area contributed by atoms with E-state index in [-0.39, 0.29) is 17.6 Å². The van der Waals surface area contributed by atoms with Crippen LogP contribution in [0.2, 0.25) is 0 Å². The number of carbonyl (C=O) groups is 1. The number of amides is 1. The normalized spacial score (nSPS) is 11.7. The smallest absolute Gasteiger partial charge is 0.312 e. The molecular weight excluding hydrogens is 418 g/mol. The number of pyridine rings is 1. The molecule has 166 valence electrons. The van der Waals surface area contributed by atoms with Crippen LogP contribution in [0.4, 0.5) is 5.69 Å². The Morgan fingerprint density at radius 3 is 2.33 bits per heavy atom. The van der Waals surface area contributed by atoms with Crippen LogP contribution in [0.15, 0.2) is 79.0 Å². The van der Waals surface area contributed by atoms with Crippen LogP contribution in [0.25, 0.3) is 0 Å². The third-order valence-corrected chi connectivity index (χ3v) is 5.47. The number of nitrogens with one attached hydrogen (secondary N) is 1. The lowest BCUT2D eigenvalue weighted by molar-refractivity contribution is -0.386. The number of hydrogen-bond donors (Lipinski definition) is 1. The molecule has 0 aliphatic heterocycles. The largest absolute Gasteiger partial charge is 0.340 e. The van der Waals surface area contributed by atoms with Gasteiger partial charge in [-0.3, -0.25) is 24.6 Å². The minimum absolute atomic E-state index is 0.0347. The first-order chi connectivity index (χ1) is 15.9. The zero-order valence-electron chi connectivity index (χ0n) is 18.3. The first kappa shape index (κ1) is 21.9. The highest BCUT2D eigenvalue weighted by Gasteiger charge is 2.22. The van der Waals surface area contributed by atoms with Gasteiger partial charge in [0, 0.05) is 11.8 Å². The quantitative estimate of drug-likeness (QED) is 0.339. The van der Waals surface area contributed by atoms with Gasteiger partial charge in [-0.1, -0.05) is 48.5 Å². The first-order valence-electron chi connectivity index (χ1n) is 10.5. The van der Waals surface area contributed by atoms with Gasteiger partial charge in [-0.05, 0) is 49.2 Å². The molecule has 1 atom stereocenters. The Labute approximate surface area is 191 Å². The van der Waals surface area contributed by atoms with Crippen molar-refractivity contribution in [1.82, 2.24) is 20.1 Å². The van der Waals surface area contributed by atoms with Gasteiger partial charge in [-0.2, -0.15) is 5.10 Å². The molecule has 0 spiro atoms. The van der Waals surface area contributed by atoms with Crippen molar-refractivity contribution in [1.29, 1.82) is 0 Å². The summed E-state index contributed by atoms with van der Waals surface area (Å²) in [6.45, 7) is 3.68. The predicted octanol–water partition coefficient (Wildman–Crippen LogP) is 4.37. The number of carbonyl (C=O) groups excluding carboxylic acids is 1. The summed E-state index contributed by atoms with van der Waals surface area (Å²) in [7, 11) is 0. The molecule has 2 heterocycles. The van der Waals surface area contributed by atoms with Crippen molar-refractivity contribution < 1.29 is 9.72 Å². The molecular formula is C25H23N5O3. The molecule has 0 saturated heterocycles. The summed E-state index contributed by atoms with van der Waals surface area (Å²) in [6.07, 6.45) is 1.70. The van der Waals surface area contributed by atoms with E-state index < -0.39 is 4.92 Å². The highest BCUT2D eigenvalue weighted by atomic mass is 16.6. The summed E-state index contributed by atoms with van der Waals surface area (Å²) in [5, 5.41) is 18.6. The minimum Gasteiger partial charge on any atom is -0.340 e. The van der Waals surface area contributed by atoms with Gasteiger partial charge in [-0.15, -0.1) is 0 Å². The van der Waals surface area contributed by atoms with E-state index in [0.29, 0.717) is 23.5 Å². The van der Waals surface area contributed by atoms with E-state index in [0.717, 1.165) is 16.8 Å². The van der Waals surface area contributed by atoms with E-state index in [1.54, 1.807) is 36.9 Å².